The molecule has 2 saturated heterocycles. The summed E-state index contributed by atoms with van der Waals surface area (Å²) in [4.78, 5) is 22.9. The molecule has 14 heteroatoms. The lowest BCUT2D eigenvalue weighted by molar-refractivity contribution is -0.0581. The largest absolute Gasteiger partial charge is 0.407 e. The minimum absolute atomic E-state index is 0.0740. The normalized spacial score (nSPS) is 32.5. The number of ether oxygens (including phenoxy) is 1. The Morgan fingerprint density at radius 3 is 2.77 bits per heavy atom. The topological polar surface area (TPSA) is 127 Å². The highest BCUT2D eigenvalue weighted by Crippen LogP contribution is 2.54. The van der Waals surface area contributed by atoms with Gasteiger partial charge in [-0.1, -0.05) is 20.8 Å². The molecule has 0 saturated carbocycles. The highest BCUT2D eigenvalue weighted by atomic mass is 32.5. The van der Waals surface area contributed by atoms with Gasteiger partial charge in [0, 0.05) is 0 Å². The molecule has 4 heterocycles. The van der Waals surface area contributed by atoms with Crippen LogP contribution in [0.5, 0.6) is 0 Å². The maximum atomic E-state index is 10.3. The van der Waals surface area contributed by atoms with Gasteiger partial charge in [-0.25, -0.2) is 15.0 Å². The molecule has 2 radical (unpaired) electrons. The zero-order valence-corrected chi connectivity index (χ0v) is 20.2. The van der Waals surface area contributed by atoms with E-state index in [9.17, 15) is 4.89 Å². The molecule has 2 aromatic rings. The van der Waals surface area contributed by atoms with E-state index in [4.69, 9.17) is 43.6 Å². The number of nitrogen functional groups attached to an aromatic ring is 1. The first-order valence-electron chi connectivity index (χ1n) is 9.54. The Morgan fingerprint density at radius 2 is 2.10 bits per heavy atom. The maximum absolute atomic E-state index is 10.3. The van der Waals surface area contributed by atoms with Gasteiger partial charge in [0.1, 0.15) is 30.2 Å². The Kier molecular flexibility index (Phi) is 5.43. The second kappa shape index (κ2) is 7.31. The summed E-state index contributed by atoms with van der Waals surface area (Å²) in [5.74, 6) is 0.216. The van der Waals surface area contributed by atoms with Gasteiger partial charge in [-0.15, -0.1) is 0 Å². The van der Waals surface area contributed by atoms with Gasteiger partial charge < -0.3 is 24.3 Å². The zero-order valence-electron chi connectivity index (χ0n) is 17.5. The van der Waals surface area contributed by atoms with Crippen molar-refractivity contribution in [1.82, 2.24) is 19.5 Å². The summed E-state index contributed by atoms with van der Waals surface area (Å²) in [6.45, 7) is 7.37. The molecule has 0 amide bonds. The van der Waals surface area contributed by atoms with Crippen molar-refractivity contribution in [3.05, 3.63) is 6.33 Å². The van der Waals surface area contributed by atoms with Gasteiger partial charge >= 0.3 is 6.72 Å². The predicted octanol–water partition coefficient (Wildman–Crippen LogP) is 1.12. The van der Waals surface area contributed by atoms with Gasteiger partial charge in [-0.05, 0) is 29.9 Å². The number of anilines is 1. The maximum Gasteiger partial charge on any atom is 0.325 e. The number of hydrogen-bond acceptors (Lipinski definition) is 9. The molecule has 2 aromatic heterocycles. The van der Waals surface area contributed by atoms with Crippen molar-refractivity contribution in [2.45, 2.75) is 63.4 Å². The van der Waals surface area contributed by atoms with Gasteiger partial charge in [-0.3, -0.25) is 9.09 Å². The van der Waals surface area contributed by atoms with E-state index in [2.05, 4.69) is 48.8 Å². The van der Waals surface area contributed by atoms with Crippen LogP contribution in [0.3, 0.4) is 0 Å². The molecule has 0 bridgehead atoms. The molecule has 2 aliphatic heterocycles. The summed E-state index contributed by atoms with van der Waals surface area (Å²) in [7, 11) is 3.95. The van der Waals surface area contributed by atoms with Crippen LogP contribution in [0.4, 0.5) is 5.82 Å². The van der Waals surface area contributed by atoms with Gasteiger partial charge in [-0.2, -0.15) is 0 Å². The number of fused-ring (bicyclic) bond motifs is 2. The van der Waals surface area contributed by atoms with Gasteiger partial charge in [0.25, 0.3) is 0 Å². The molecule has 4 rings (SSSR count). The lowest BCUT2D eigenvalue weighted by atomic mass is 10.1. The Hall–Kier alpha value is -0.918. The summed E-state index contributed by atoms with van der Waals surface area (Å²) < 4.78 is 25.7. The van der Waals surface area contributed by atoms with E-state index >= 15 is 0 Å². The van der Waals surface area contributed by atoms with Gasteiger partial charge in [0.05, 0.1) is 12.3 Å². The first-order valence-corrected chi connectivity index (χ1v) is 15.0. The van der Waals surface area contributed by atoms with E-state index < -0.39 is 39.6 Å². The molecule has 0 aliphatic carbocycles. The number of hydrogen-bond donors (Lipinski definition) is 2. The fourth-order valence-corrected chi connectivity index (χ4v) is 6.09. The molecule has 10 nitrogen and oxygen atoms in total. The molecule has 162 valence electrons. The summed E-state index contributed by atoms with van der Waals surface area (Å²) in [5, 5.41) is -0.0740. The second-order valence-corrected chi connectivity index (χ2v) is 16.6. The van der Waals surface area contributed by atoms with Crippen LogP contribution in [-0.4, -0.2) is 65.5 Å². The highest BCUT2D eigenvalue weighted by Gasteiger charge is 2.55. The first kappa shape index (κ1) is 22.3. The third-order valence-electron chi connectivity index (χ3n) is 5.97. The van der Waals surface area contributed by atoms with Crippen molar-refractivity contribution >= 4 is 57.4 Å². The van der Waals surface area contributed by atoms with Crippen LogP contribution in [0, 0.1) is 0 Å². The lowest BCUT2D eigenvalue weighted by Crippen LogP contribution is -2.50. The second-order valence-electron chi connectivity index (χ2n) is 9.01. The summed E-state index contributed by atoms with van der Waals surface area (Å²) in [5.41, 5.74) is 6.92. The van der Waals surface area contributed by atoms with E-state index in [0.717, 1.165) is 0 Å². The van der Waals surface area contributed by atoms with Crippen molar-refractivity contribution in [3.63, 3.8) is 0 Å². The van der Waals surface area contributed by atoms with E-state index in [1.165, 1.54) is 6.33 Å². The van der Waals surface area contributed by atoms with Crippen LogP contribution in [0.25, 0.3) is 11.2 Å². The molecule has 5 unspecified atom stereocenters. The fraction of sp³-hybridized carbons (Fsp3) is 0.688. The Balaban J connectivity index is 1.81. The van der Waals surface area contributed by atoms with Crippen molar-refractivity contribution in [2.24, 2.45) is 0 Å². The highest BCUT2D eigenvalue weighted by molar-refractivity contribution is 8.07. The summed E-state index contributed by atoms with van der Waals surface area (Å²) in [6.07, 6.45) is -1.10. The monoisotopic (exact) mass is 469 g/mol. The minimum Gasteiger partial charge on any atom is -0.407 e. The molecular formula is C16H25BN5O5PSSi. The lowest BCUT2D eigenvalue weighted by Gasteiger charge is -2.41. The average Bonchev–Trinajstić information content (AvgIpc) is 3.11. The van der Waals surface area contributed by atoms with Crippen LogP contribution in [0.2, 0.25) is 18.1 Å². The van der Waals surface area contributed by atoms with Crippen LogP contribution >= 0.6 is 6.72 Å². The molecule has 3 N–H and O–H groups in total. The molecule has 0 aromatic carbocycles. The van der Waals surface area contributed by atoms with Crippen molar-refractivity contribution in [2.75, 3.05) is 12.3 Å². The number of aromatic nitrogens is 4. The van der Waals surface area contributed by atoms with Crippen LogP contribution in [-0.2, 0) is 30.0 Å². The molecule has 5 atom stereocenters. The standard InChI is InChI=1S/C16H25BN5O5PSSi/c1-16(2,3)30(4,5)27-11-10-8(6-24-28(23,29)26-10)25-14(11)22-13-9(21-15(22)17)12(18)19-7-20-13/h7-8,10-11,14H,6H2,1-5H3,(H,23,29)(H2,18,19,20). The van der Waals surface area contributed by atoms with Crippen molar-refractivity contribution in [3.8, 4) is 0 Å². The Morgan fingerprint density at radius 1 is 1.40 bits per heavy atom. The van der Waals surface area contributed by atoms with Crippen molar-refractivity contribution in [1.29, 1.82) is 0 Å². The van der Waals surface area contributed by atoms with E-state index in [-0.39, 0.29) is 23.2 Å². The first-order chi connectivity index (χ1) is 13.8. The predicted molar refractivity (Wildman–Crippen MR) is 118 cm³/mol. The molecule has 2 fully saturated rings. The average molecular weight is 469 g/mol. The van der Waals surface area contributed by atoms with Crippen LogP contribution in [0.15, 0.2) is 6.33 Å². The Labute approximate surface area is 182 Å². The van der Waals surface area contributed by atoms with E-state index in [1.54, 1.807) is 4.57 Å². The third kappa shape index (κ3) is 3.75. The zero-order chi connectivity index (χ0) is 22.1. The molecule has 30 heavy (non-hydrogen) atoms. The molecule has 0 spiro atoms. The molecular weight excluding hydrogens is 444 g/mol. The third-order valence-corrected chi connectivity index (χ3v) is 12.0. The fourth-order valence-electron chi connectivity index (χ4n) is 3.37. The number of rotatable bonds is 3. The van der Waals surface area contributed by atoms with Crippen molar-refractivity contribution < 1.29 is 23.1 Å². The Bertz CT molecular complexity index is 1030. The van der Waals surface area contributed by atoms with E-state index in [1.807, 2.05) is 0 Å². The smallest absolute Gasteiger partial charge is 0.325 e. The number of imidazole rings is 1. The number of nitrogens with two attached hydrogens (primary N) is 1. The van der Waals surface area contributed by atoms with Gasteiger partial charge in [0.15, 0.2) is 33.9 Å². The minimum atomic E-state index is -3.38. The quantitative estimate of drug-likeness (QED) is 0.499. The van der Waals surface area contributed by atoms with Gasteiger partial charge in [0.2, 0.25) is 0 Å². The molecule has 2 aliphatic rings. The summed E-state index contributed by atoms with van der Waals surface area (Å²) >= 11 is 5.09. The van der Waals surface area contributed by atoms with Crippen LogP contribution in [0.1, 0.15) is 27.0 Å². The van der Waals surface area contributed by atoms with E-state index in [0.29, 0.717) is 11.2 Å². The summed E-state index contributed by atoms with van der Waals surface area (Å²) in [6, 6.07) is 0. The van der Waals surface area contributed by atoms with Crippen LogP contribution < -0.4 is 11.5 Å². The SMILES string of the molecule is [B]c1nc2c(N)ncnc2n1C1OC2COP(O)(=S)OC2C1O[Si](C)(C)C(C)(C)C. The number of nitrogens with zero attached hydrogens (tertiary/aromatic N) is 4.